The molecule has 0 aliphatic carbocycles. The van der Waals surface area contributed by atoms with Crippen molar-refractivity contribution in [3.8, 4) is 0 Å². The summed E-state index contributed by atoms with van der Waals surface area (Å²) >= 11 is 0. The van der Waals surface area contributed by atoms with Gasteiger partial charge < -0.3 is 9.84 Å². The third-order valence-electron chi connectivity index (χ3n) is 4.75. The second-order valence-corrected chi connectivity index (χ2v) is 6.57. The van der Waals surface area contributed by atoms with Crippen LogP contribution in [0.1, 0.15) is 28.9 Å². The molecule has 3 aromatic rings. The average Bonchev–Trinajstić information content (AvgIpc) is 3.16. The predicted octanol–water partition coefficient (Wildman–Crippen LogP) is 2.82. The van der Waals surface area contributed by atoms with Crippen molar-refractivity contribution in [1.29, 1.82) is 0 Å². The van der Waals surface area contributed by atoms with Crippen LogP contribution in [0.25, 0.3) is 0 Å². The van der Waals surface area contributed by atoms with Crippen molar-refractivity contribution < 1.29 is 4.52 Å². The first-order valence-corrected chi connectivity index (χ1v) is 9.08. The zero-order valence-electron chi connectivity index (χ0n) is 15.1. The van der Waals surface area contributed by atoms with E-state index in [1.54, 1.807) is 6.20 Å². The van der Waals surface area contributed by atoms with Gasteiger partial charge in [-0.05, 0) is 23.6 Å². The van der Waals surface area contributed by atoms with Crippen LogP contribution in [0.2, 0.25) is 0 Å². The largest absolute Gasteiger partial charge is 0.338 e. The van der Waals surface area contributed by atoms with Gasteiger partial charge in [0, 0.05) is 44.5 Å². The van der Waals surface area contributed by atoms with E-state index in [1.165, 1.54) is 11.1 Å². The van der Waals surface area contributed by atoms with Crippen molar-refractivity contribution >= 4 is 12.4 Å². The quantitative estimate of drug-likeness (QED) is 0.703. The third-order valence-corrected chi connectivity index (χ3v) is 4.75. The molecule has 0 saturated carbocycles. The number of nitrogens with one attached hydrogen (secondary N) is 1. The fraction of sp³-hybridized carbons (Fsp3) is 0.350. The molecule has 1 unspecified atom stereocenters. The van der Waals surface area contributed by atoms with Crippen LogP contribution in [0.15, 0.2) is 59.4 Å². The van der Waals surface area contributed by atoms with E-state index >= 15 is 0 Å². The van der Waals surface area contributed by atoms with Crippen LogP contribution >= 0.6 is 12.4 Å². The Hall–Kier alpha value is -2.28. The van der Waals surface area contributed by atoms with Crippen LogP contribution in [-0.2, 0) is 19.4 Å². The number of pyridine rings is 1. The van der Waals surface area contributed by atoms with Crippen LogP contribution in [-0.4, -0.2) is 39.7 Å². The predicted molar refractivity (Wildman–Crippen MR) is 106 cm³/mol. The van der Waals surface area contributed by atoms with Gasteiger partial charge in [-0.3, -0.25) is 9.88 Å². The lowest BCUT2D eigenvalue weighted by Crippen LogP contribution is -2.45. The van der Waals surface area contributed by atoms with Crippen LogP contribution in [0.4, 0.5) is 0 Å². The first-order valence-electron chi connectivity index (χ1n) is 9.08. The minimum absolute atomic E-state index is 0. The Morgan fingerprint density at radius 1 is 1.11 bits per heavy atom. The van der Waals surface area contributed by atoms with Crippen molar-refractivity contribution in [2.75, 3.05) is 19.6 Å². The molecule has 1 saturated heterocycles. The SMILES string of the molecule is Cl.c1ccc(CCc2noc(CN3CCNCC3c3cccnc3)n2)cc1. The maximum Gasteiger partial charge on any atom is 0.240 e. The van der Waals surface area contributed by atoms with Gasteiger partial charge in [-0.1, -0.05) is 41.6 Å². The van der Waals surface area contributed by atoms with Gasteiger partial charge in [0.25, 0.3) is 0 Å². The highest BCUT2D eigenvalue weighted by atomic mass is 35.5. The lowest BCUT2D eigenvalue weighted by molar-refractivity contribution is 0.135. The van der Waals surface area contributed by atoms with Gasteiger partial charge in [0.2, 0.25) is 5.89 Å². The maximum atomic E-state index is 5.50. The monoisotopic (exact) mass is 385 g/mol. The fourth-order valence-corrected chi connectivity index (χ4v) is 3.37. The first-order chi connectivity index (χ1) is 12.9. The number of hydrogen-bond acceptors (Lipinski definition) is 6. The van der Waals surface area contributed by atoms with Gasteiger partial charge in [0.15, 0.2) is 5.82 Å². The molecule has 1 aliphatic heterocycles. The number of rotatable bonds is 6. The van der Waals surface area contributed by atoms with E-state index in [0.717, 1.165) is 38.3 Å². The molecule has 1 aromatic carbocycles. The molecule has 1 fully saturated rings. The molecule has 4 rings (SSSR count). The smallest absolute Gasteiger partial charge is 0.240 e. The van der Waals surface area contributed by atoms with Gasteiger partial charge >= 0.3 is 0 Å². The molecule has 6 nitrogen and oxygen atoms in total. The summed E-state index contributed by atoms with van der Waals surface area (Å²) in [7, 11) is 0. The minimum Gasteiger partial charge on any atom is -0.338 e. The Morgan fingerprint density at radius 2 is 2.00 bits per heavy atom. The summed E-state index contributed by atoms with van der Waals surface area (Å²) in [6, 6.07) is 14.8. The number of hydrogen-bond donors (Lipinski definition) is 1. The first kappa shape index (κ1) is 19.5. The van der Waals surface area contributed by atoms with E-state index in [1.807, 2.05) is 18.3 Å². The lowest BCUT2D eigenvalue weighted by Gasteiger charge is -2.35. The molecule has 1 aliphatic rings. The molecule has 0 amide bonds. The number of nitrogens with zero attached hydrogens (tertiary/aromatic N) is 4. The minimum atomic E-state index is 0. The number of aryl methyl sites for hydroxylation is 2. The normalized spacial score (nSPS) is 17.4. The van der Waals surface area contributed by atoms with Crippen molar-refractivity contribution in [3.05, 3.63) is 77.7 Å². The Morgan fingerprint density at radius 3 is 2.81 bits per heavy atom. The van der Waals surface area contributed by atoms with E-state index < -0.39 is 0 Å². The Balaban J connectivity index is 0.00000210. The second kappa shape index (κ2) is 9.60. The van der Waals surface area contributed by atoms with Crippen molar-refractivity contribution in [1.82, 2.24) is 25.3 Å². The fourth-order valence-electron chi connectivity index (χ4n) is 3.37. The number of aromatic nitrogens is 3. The molecule has 142 valence electrons. The Labute approximate surface area is 165 Å². The van der Waals surface area contributed by atoms with Gasteiger partial charge in [0.05, 0.1) is 6.54 Å². The highest BCUT2D eigenvalue weighted by Crippen LogP contribution is 2.23. The molecular weight excluding hydrogens is 362 g/mol. The van der Waals surface area contributed by atoms with Crippen LogP contribution in [0, 0.1) is 0 Å². The maximum absolute atomic E-state index is 5.50. The second-order valence-electron chi connectivity index (χ2n) is 6.57. The standard InChI is InChI=1S/C20H23N5O.ClH/c1-2-5-16(6-3-1)8-9-19-23-20(26-24-19)15-25-12-11-22-14-18(25)17-7-4-10-21-13-17;/h1-7,10,13,18,22H,8-9,11-12,14-15H2;1H. The molecule has 1 atom stereocenters. The summed E-state index contributed by atoms with van der Waals surface area (Å²) in [5.74, 6) is 1.46. The molecule has 2 aromatic heterocycles. The highest BCUT2D eigenvalue weighted by Gasteiger charge is 2.25. The van der Waals surface area contributed by atoms with Gasteiger partial charge in [-0.2, -0.15) is 4.98 Å². The van der Waals surface area contributed by atoms with Crippen LogP contribution < -0.4 is 5.32 Å². The van der Waals surface area contributed by atoms with Crippen molar-refractivity contribution in [2.45, 2.75) is 25.4 Å². The summed E-state index contributed by atoms with van der Waals surface area (Å²) in [6.07, 6.45) is 5.46. The Bertz CT molecular complexity index is 812. The van der Waals surface area contributed by atoms with Crippen molar-refractivity contribution in [3.63, 3.8) is 0 Å². The van der Waals surface area contributed by atoms with E-state index in [9.17, 15) is 0 Å². The third kappa shape index (κ3) is 5.13. The summed E-state index contributed by atoms with van der Waals surface area (Å²) in [4.78, 5) is 11.2. The molecule has 0 spiro atoms. The Kier molecular flexibility index (Phi) is 6.92. The molecule has 3 heterocycles. The topological polar surface area (TPSA) is 67.1 Å². The molecule has 7 heteroatoms. The van der Waals surface area contributed by atoms with Crippen molar-refractivity contribution in [2.24, 2.45) is 0 Å². The van der Waals surface area contributed by atoms with Crippen LogP contribution in [0.5, 0.6) is 0 Å². The highest BCUT2D eigenvalue weighted by molar-refractivity contribution is 5.85. The zero-order chi connectivity index (χ0) is 17.6. The summed E-state index contributed by atoms with van der Waals surface area (Å²) in [6.45, 7) is 3.48. The lowest BCUT2D eigenvalue weighted by atomic mass is 10.1. The van der Waals surface area contributed by atoms with Crippen LogP contribution in [0.3, 0.4) is 0 Å². The molecular formula is C20H24ClN5O. The van der Waals surface area contributed by atoms with E-state index in [2.05, 4.69) is 55.7 Å². The van der Waals surface area contributed by atoms with Gasteiger partial charge in [-0.25, -0.2) is 0 Å². The number of benzene rings is 1. The zero-order valence-corrected chi connectivity index (χ0v) is 15.9. The molecule has 0 radical (unpaired) electrons. The summed E-state index contributed by atoms with van der Waals surface area (Å²) < 4.78 is 5.50. The summed E-state index contributed by atoms with van der Waals surface area (Å²) in [5.41, 5.74) is 2.50. The van der Waals surface area contributed by atoms with Gasteiger partial charge in [-0.15, -0.1) is 12.4 Å². The average molecular weight is 386 g/mol. The molecule has 1 N–H and O–H groups in total. The molecule has 27 heavy (non-hydrogen) atoms. The van der Waals surface area contributed by atoms with E-state index in [0.29, 0.717) is 12.4 Å². The molecule has 0 bridgehead atoms. The number of halogens is 1. The summed E-state index contributed by atoms with van der Waals surface area (Å²) in [5, 5.41) is 7.61. The van der Waals surface area contributed by atoms with E-state index in [-0.39, 0.29) is 18.4 Å². The number of piperazine rings is 1. The van der Waals surface area contributed by atoms with Gasteiger partial charge in [0.1, 0.15) is 0 Å². The van der Waals surface area contributed by atoms with E-state index in [4.69, 9.17) is 4.52 Å².